The highest BCUT2D eigenvalue weighted by Gasteiger charge is 2.42. The highest BCUT2D eigenvalue weighted by atomic mass is 19.4. The number of carbonyl (C=O) groups excluding carboxylic acids is 2. The topological polar surface area (TPSA) is 61.4 Å². The molecule has 1 aliphatic heterocycles. The van der Waals surface area contributed by atoms with Gasteiger partial charge in [0.25, 0.3) is 5.91 Å². The highest BCUT2D eigenvalue weighted by Crippen LogP contribution is 2.37. The lowest BCUT2D eigenvalue weighted by Gasteiger charge is -2.43. The molecule has 2 unspecified atom stereocenters. The van der Waals surface area contributed by atoms with E-state index in [4.69, 9.17) is 0 Å². The normalized spacial score (nSPS) is 24.6. The molecule has 0 spiro atoms. The molecule has 0 bridgehead atoms. The number of hydrogen-bond donors (Lipinski definition) is 2. The number of hydrogen-bond acceptors (Lipinski definition) is 3. The molecule has 5 rings (SSSR count). The molecule has 2 amide bonds. The van der Waals surface area contributed by atoms with Crippen LogP contribution in [0.5, 0.6) is 0 Å². The largest absolute Gasteiger partial charge is 0.416 e. The van der Waals surface area contributed by atoms with Gasteiger partial charge in [0.05, 0.1) is 23.1 Å². The minimum absolute atomic E-state index is 0.0314. The summed E-state index contributed by atoms with van der Waals surface area (Å²) in [5, 5.41) is 6.42. The van der Waals surface area contributed by atoms with E-state index in [9.17, 15) is 27.2 Å². The van der Waals surface area contributed by atoms with Gasteiger partial charge in [-0.1, -0.05) is 56.2 Å². The van der Waals surface area contributed by atoms with Crippen molar-refractivity contribution in [3.8, 4) is 0 Å². The molecule has 2 aliphatic carbocycles. The van der Waals surface area contributed by atoms with E-state index in [1.807, 2.05) is 6.08 Å². The van der Waals surface area contributed by atoms with E-state index in [-0.39, 0.29) is 28.8 Å². The Morgan fingerprint density at radius 2 is 1.72 bits per heavy atom. The molecule has 5 nitrogen and oxygen atoms in total. The first-order chi connectivity index (χ1) is 20.4. The molecule has 3 aliphatic rings. The molecular weight excluding hydrogens is 558 g/mol. The van der Waals surface area contributed by atoms with Crippen LogP contribution in [-0.4, -0.2) is 41.4 Å². The minimum Gasteiger partial charge on any atom is -0.331 e. The number of amides is 2. The Balaban J connectivity index is 1.47. The lowest BCUT2D eigenvalue weighted by molar-refractivity contribution is -0.138. The first-order valence-electron chi connectivity index (χ1n) is 15.1. The molecule has 9 heteroatoms. The van der Waals surface area contributed by atoms with Gasteiger partial charge in [0.1, 0.15) is 5.82 Å². The van der Waals surface area contributed by atoms with Crippen LogP contribution < -0.4 is 10.6 Å². The molecule has 4 atom stereocenters. The Morgan fingerprint density at radius 1 is 0.977 bits per heavy atom. The summed E-state index contributed by atoms with van der Waals surface area (Å²) in [6.07, 6.45) is 7.16. The molecule has 0 aromatic heterocycles. The number of benzene rings is 2. The standard InChI is InChI=1S/C34H39F4N3O2/c1-20-13-15-25(19-27(20)34(36,37)38)40-32(42)26-11-7-17-41(33(43)30-21(2)8-6-12-28(30)35)31(26)23-14-16-29(22(3)18-23)39-24-9-4-5-10-24/h6,8,12-16,18-19,22,24,26,29,31,39H,4-5,7,9-11,17H2,1-3H3,(H,40,42)/t22?,26-,29?,31-/m0/s1. The highest BCUT2D eigenvalue weighted by molar-refractivity contribution is 5.98. The van der Waals surface area contributed by atoms with E-state index in [2.05, 4.69) is 29.7 Å². The van der Waals surface area contributed by atoms with E-state index in [1.165, 1.54) is 38.0 Å². The minimum atomic E-state index is -4.56. The van der Waals surface area contributed by atoms with Crippen molar-refractivity contribution < 1.29 is 27.2 Å². The predicted octanol–water partition coefficient (Wildman–Crippen LogP) is 7.35. The number of nitrogens with zero attached hydrogens (tertiary/aromatic N) is 1. The van der Waals surface area contributed by atoms with Crippen molar-refractivity contribution in [3.63, 3.8) is 0 Å². The third-order valence-electron chi connectivity index (χ3n) is 9.12. The number of nitrogens with one attached hydrogen (secondary N) is 2. The molecule has 43 heavy (non-hydrogen) atoms. The molecule has 1 saturated heterocycles. The van der Waals surface area contributed by atoms with Crippen LogP contribution in [0.15, 0.2) is 60.2 Å². The van der Waals surface area contributed by atoms with Gasteiger partial charge in [0.15, 0.2) is 0 Å². The van der Waals surface area contributed by atoms with Crippen LogP contribution in [0.4, 0.5) is 23.2 Å². The van der Waals surface area contributed by atoms with E-state index >= 15 is 0 Å². The Bertz CT molecular complexity index is 1410. The number of carbonyl (C=O) groups is 2. The first kappa shape index (κ1) is 31.0. The molecule has 2 aromatic carbocycles. The van der Waals surface area contributed by atoms with Crippen LogP contribution in [0.2, 0.25) is 0 Å². The zero-order valence-electron chi connectivity index (χ0n) is 24.8. The van der Waals surface area contributed by atoms with Gasteiger partial charge in [-0.25, -0.2) is 4.39 Å². The Morgan fingerprint density at radius 3 is 2.40 bits per heavy atom. The summed E-state index contributed by atoms with van der Waals surface area (Å²) in [4.78, 5) is 29.3. The van der Waals surface area contributed by atoms with Crippen molar-refractivity contribution in [2.75, 3.05) is 11.9 Å². The number of aryl methyl sites for hydroxylation is 2. The van der Waals surface area contributed by atoms with Gasteiger partial charge in [-0.15, -0.1) is 0 Å². The van der Waals surface area contributed by atoms with Crippen LogP contribution >= 0.6 is 0 Å². The third-order valence-corrected chi connectivity index (χ3v) is 9.12. The molecular formula is C34H39F4N3O2. The summed E-state index contributed by atoms with van der Waals surface area (Å²) >= 11 is 0. The van der Waals surface area contributed by atoms with Crippen LogP contribution in [-0.2, 0) is 11.0 Å². The van der Waals surface area contributed by atoms with Crippen molar-refractivity contribution in [3.05, 3.63) is 88.3 Å². The van der Waals surface area contributed by atoms with Crippen LogP contribution in [0.3, 0.4) is 0 Å². The van der Waals surface area contributed by atoms with E-state index in [0.29, 0.717) is 31.0 Å². The maximum absolute atomic E-state index is 15.0. The van der Waals surface area contributed by atoms with Gasteiger partial charge in [-0.05, 0) is 80.3 Å². The quantitative estimate of drug-likeness (QED) is 0.342. The second-order valence-corrected chi connectivity index (χ2v) is 12.2. The van der Waals surface area contributed by atoms with E-state index in [1.54, 1.807) is 24.0 Å². The maximum atomic E-state index is 15.0. The zero-order chi connectivity index (χ0) is 30.9. The predicted molar refractivity (Wildman–Crippen MR) is 159 cm³/mol. The Labute approximate surface area is 250 Å². The number of piperidine rings is 1. The van der Waals surface area contributed by atoms with E-state index < -0.39 is 41.3 Å². The molecule has 1 saturated carbocycles. The Kier molecular flexibility index (Phi) is 9.11. The molecule has 1 heterocycles. The average molecular weight is 598 g/mol. The second kappa shape index (κ2) is 12.6. The smallest absolute Gasteiger partial charge is 0.331 e. The van der Waals surface area contributed by atoms with Crippen LogP contribution in [0, 0.1) is 31.5 Å². The van der Waals surface area contributed by atoms with Gasteiger partial charge in [0.2, 0.25) is 5.91 Å². The first-order valence-corrected chi connectivity index (χ1v) is 15.1. The SMILES string of the molecule is Cc1ccc(NC(=O)[C@H]2CCCN(C(=O)c3c(C)cccc3F)[C@H]2C2=CC(C)C(NC3CCCC3)C=C2)cc1C(F)(F)F. The van der Waals surface area contributed by atoms with Gasteiger partial charge < -0.3 is 15.5 Å². The maximum Gasteiger partial charge on any atom is 0.416 e. The molecule has 2 aromatic rings. The summed E-state index contributed by atoms with van der Waals surface area (Å²) in [5.41, 5.74) is 0.528. The number of anilines is 1. The third kappa shape index (κ3) is 6.71. The summed E-state index contributed by atoms with van der Waals surface area (Å²) in [5.74, 6) is -2.27. The second-order valence-electron chi connectivity index (χ2n) is 12.2. The molecule has 230 valence electrons. The van der Waals surface area contributed by atoms with Crippen LogP contribution in [0.25, 0.3) is 0 Å². The number of alkyl halides is 3. The van der Waals surface area contributed by atoms with Crippen molar-refractivity contribution >= 4 is 17.5 Å². The molecule has 2 N–H and O–H groups in total. The molecule has 0 radical (unpaired) electrons. The summed E-state index contributed by atoms with van der Waals surface area (Å²) in [7, 11) is 0. The van der Waals surface area contributed by atoms with Crippen molar-refractivity contribution in [2.24, 2.45) is 11.8 Å². The van der Waals surface area contributed by atoms with Crippen molar-refractivity contribution in [1.82, 2.24) is 10.2 Å². The summed E-state index contributed by atoms with van der Waals surface area (Å²) in [6.45, 7) is 5.47. The summed E-state index contributed by atoms with van der Waals surface area (Å²) < 4.78 is 55.7. The molecule has 2 fully saturated rings. The van der Waals surface area contributed by atoms with Gasteiger partial charge in [-0.3, -0.25) is 9.59 Å². The van der Waals surface area contributed by atoms with Gasteiger partial charge >= 0.3 is 6.18 Å². The number of halogens is 4. The van der Waals surface area contributed by atoms with Crippen molar-refractivity contribution in [1.29, 1.82) is 0 Å². The number of likely N-dealkylation sites (tertiary alicyclic amines) is 1. The average Bonchev–Trinajstić information content (AvgIpc) is 3.47. The fourth-order valence-corrected chi connectivity index (χ4v) is 6.82. The monoisotopic (exact) mass is 597 g/mol. The lowest BCUT2D eigenvalue weighted by atomic mass is 9.79. The number of rotatable bonds is 6. The summed E-state index contributed by atoms with van der Waals surface area (Å²) in [6, 6.07) is 8.06. The zero-order valence-corrected chi connectivity index (χ0v) is 24.8. The Hall–Kier alpha value is -3.46. The van der Waals surface area contributed by atoms with Crippen LogP contribution in [0.1, 0.15) is 72.5 Å². The van der Waals surface area contributed by atoms with Gasteiger partial charge in [-0.2, -0.15) is 13.2 Å². The fraction of sp³-hybridized carbons (Fsp3) is 0.471. The van der Waals surface area contributed by atoms with E-state index in [0.717, 1.165) is 24.5 Å². The lowest BCUT2D eigenvalue weighted by Crippen LogP contribution is -2.53. The van der Waals surface area contributed by atoms with Crippen molar-refractivity contribution in [2.45, 2.75) is 83.6 Å². The fourth-order valence-electron chi connectivity index (χ4n) is 6.82. The van der Waals surface area contributed by atoms with Gasteiger partial charge in [0, 0.05) is 24.3 Å².